The highest BCUT2D eigenvalue weighted by atomic mass is 16.6. The molecule has 3 aromatic rings. The molecule has 1 aliphatic heterocycles. The van der Waals surface area contributed by atoms with Crippen LogP contribution >= 0.6 is 0 Å². The number of rotatable bonds is 4. The summed E-state index contributed by atoms with van der Waals surface area (Å²) in [6.07, 6.45) is -0.799. The van der Waals surface area contributed by atoms with E-state index < -0.39 is 17.1 Å². The molecule has 146 valence electrons. The van der Waals surface area contributed by atoms with Crippen LogP contribution in [0.2, 0.25) is 0 Å². The molecule has 0 bridgehead atoms. The molecule has 1 heterocycles. The Morgan fingerprint density at radius 2 is 1.79 bits per heavy atom. The smallest absolute Gasteiger partial charge is 0.270 e. The Morgan fingerprint density at radius 3 is 2.52 bits per heavy atom. The topological polar surface area (TPSA) is 95.5 Å². The van der Waals surface area contributed by atoms with Crippen molar-refractivity contribution in [2.75, 3.05) is 0 Å². The summed E-state index contributed by atoms with van der Waals surface area (Å²) < 4.78 is 5.95. The van der Waals surface area contributed by atoms with Crippen LogP contribution in [0.5, 0.6) is 5.75 Å². The first-order chi connectivity index (χ1) is 13.8. The molecule has 0 fully saturated rings. The first-order valence-corrected chi connectivity index (χ1v) is 9.27. The van der Waals surface area contributed by atoms with E-state index in [0.29, 0.717) is 16.9 Å². The average Bonchev–Trinajstić information content (AvgIpc) is 3.03. The predicted molar refractivity (Wildman–Crippen MR) is 110 cm³/mol. The molecule has 2 unspecified atom stereocenters. The Morgan fingerprint density at radius 1 is 1.03 bits per heavy atom. The summed E-state index contributed by atoms with van der Waals surface area (Å²) in [5.41, 5.74) is 11.1. The van der Waals surface area contributed by atoms with Crippen molar-refractivity contribution < 1.29 is 14.5 Å². The maximum Gasteiger partial charge on any atom is 0.270 e. The number of carbonyl (C=O) groups excluding carboxylic acids is 1. The van der Waals surface area contributed by atoms with Gasteiger partial charge in [-0.1, -0.05) is 48.0 Å². The van der Waals surface area contributed by atoms with Crippen molar-refractivity contribution in [3.63, 3.8) is 0 Å². The number of Topliss-reactive ketones (excluding diaryl/α,β-unsaturated/α-hetero) is 1. The molecule has 4 rings (SSSR count). The van der Waals surface area contributed by atoms with Gasteiger partial charge in [0.15, 0.2) is 6.10 Å². The summed E-state index contributed by atoms with van der Waals surface area (Å²) in [7, 11) is 0. The van der Waals surface area contributed by atoms with Crippen molar-refractivity contribution in [2.24, 2.45) is 5.73 Å². The van der Waals surface area contributed by atoms with Gasteiger partial charge in [-0.05, 0) is 36.6 Å². The van der Waals surface area contributed by atoms with Crippen LogP contribution in [-0.2, 0) is 0 Å². The second-order valence-electron chi connectivity index (χ2n) is 7.31. The number of nitro benzene ring substituents is 1. The Bertz CT molecular complexity index is 1140. The lowest BCUT2D eigenvalue weighted by atomic mass is 9.93. The normalized spacial score (nSPS) is 17.5. The average molecular weight is 388 g/mol. The summed E-state index contributed by atoms with van der Waals surface area (Å²) in [4.78, 5) is 23.7. The summed E-state index contributed by atoms with van der Waals surface area (Å²) in [6, 6.07) is 16.9. The minimum Gasteiger partial charge on any atom is -0.480 e. The van der Waals surface area contributed by atoms with Gasteiger partial charge in [-0.2, -0.15) is 0 Å². The molecule has 0 saturated carbocycles. The molecule has 0 amide bonds. The largest absolute Gasteiger partial charge is 0.480 e. The molecule has 1 aliphatic rings. The number of nitro groups is 1. The van der Waals surface area contributed by atoms with Crippen LogP contribution in [-0.4, -0.2) is 16.8 Å². The van der Waals surface area contributed by atoms with Gasteiger partial charge in [0, 0.05) is 23.3 Å². The number of fused-ring (bicyclic) bond motifs is 1. The molecule has 0 spiro atoms. The fraction of sp³-hybridized carbons (Fsp3) is 0.174. The molecule has 0 aromatic heterocycles. The number of nitrogens with zero attached hydrogens (tertiary/aromatic N) is 1. The van der Waals surface area contributed by atoms with Crippen LogP contribution in [0.25, 0.3) is 11.1 Å². The summed E-state index contributed by atoms with van der Waals surface area (Å²) in [5, 5.41) is 11.0. The third kappa shape index (κ3) is 3.39. The predicted octanol–water partition coefficient (Wildman–Crippen LogP) is 4.52. The van der Waals surface area contributed by atoms with Crippen molar-refractivity contribution >= 4 is 11.5 Å². The van der Waals surface area contributed by atoms with Gasteiger partial charge in [-0.15, -0.1) is 0 Å². The summed E-state index contributed by atoms with van der Waals surface area (Å²) >= 11 is 0. The van der Waals surface area contributed by atoms with Gasteiger partial charge in [0.2, 0.25) is 5.78 Å². The van der Waals surface area contributed by atoms with Gasteiger partial charge < -0.3 is 10.5 Å². The molecular weight excluding hydrogens is 368 g/mol. The van der Waals surface area contributed by atoms with Crippen molar-refractivity contribution in [2.45, 2.75) is 26.0 Å². The zero-order valence-corrected chi connectivity index (χ0v) is 16.1. The fourth-order valence-corrected chi connectivity index (χ4v) is 3.72. The van der Waals surface area contributed by atoms with Crippen LogP contribution in [0.1, 0.15) is 33.1 Å². The van der Waals surface area contributed by atoms with E-state index in [0.717, 1.165) is 22.3 Å². The number of nitrogens with two attached hydrogens (primary N) is 1. The minimum absolute atomic E-state index is 0.0171. The molecular formula is C23H20N2O4. The molecule has 0 radical (unpaired) electrons. The quantitative estimate of drug-likeness (QED) is 0.403. The molecule has 6 nitrogen and oxygen atoms in total. The van der Waals surface area contributed by atoms with E-state index in [2.05, 4.69) is 0 Å². The van der Waals surface area contributed by atoms with E-state index >= 15 is 0 Å². The number of aryl methyl sites for hydroxylation is 2. The van der Waals surface area contributed by atoms with E-state index in [9.17, 15) is 14.9 Å². The zero-order chi connectivity index (χ0) is 20.7. The highest BCUT2D eigenvalue weighted by molar-refractivity contribution is 6.02. The number of ketones is 1. The summed E-state index contributed by atoms with van der Waals surface area (Å²) in [6.45, 7) is 3.87. The lowest BCUT2D eigenvalue weighted by Crippen LogP contribution is -2.34. The highest BCUT2D eigenvalue weighted by Crippen LogP contribution is 2.39. The van der Waals surface area contributed by atoms with Crippen LogP contribution in [0.4, 0.5) is 5.69 Å². The van der Waals surface area contributed by atoms with Gasteiger partial charge in [-0.25, -0.2) is 0 Å². The lowest BCUT2D eigenvalue weighted by molar-refractivity contribution is -0.384. The van der Waals surface area contributed by atoms with Crippen molar-refractivity contribution in [3.8, 4) is 16.9 Å². The second kappa shape index (κ2) is 7.14. The number of carbonyl (C=O) groups is 1. The summed E-state index contributed by atoms with van der Waals surface area (Å²) in [5.74, 6) is 0.382. The van der Waals surface area contributed by atoms with Gasteiger partial charge in [-0.3, -0.25) is 14.9 Å². The number of hydrogen-bond donors (Lipinski definition) is 1. The fourth-order valence-electron chi connectivity index (χ4n) is 3.72. The molecule has 2 atom stereocenters. The SMILES string of the molecule is Cc1ccc(C(=O)C2Oc3cc(-c4cccc([N+](=O)[O-])c4)ccc3C2N)c(C)c1. The number of ether oxygens (including phenoxy) is 1. The van der Waals surface area contributed by atoms with E-state index in [-0.39, 0.29) is 11.5 Å². The second-order valence-corrected chi connectivity index (χ2v) is 7.31. The first-order valence-electron chi connectivity index (χ1n) is 9.27. The van der Waals surface area contributed by atoms with Crippen molar-refractivity contribution in [1.82, 2.24) is 0 Å². The third-order valence-corrected chi connectivity index (χ3v) is 5.25. The molecule has 0 aliphatic carbocycles. The number of hydrogen-bond acceptors (Lipinski definition) is 5. The number of non-ortho nitro benzene ring substituents is 1. The Kier molecular flexibility index (Phi) is 4.64. The standard InChI is InChI=1S/C23H20N2O4/c1-13-6-8-18(14(2)10-13)22(26)23-21(24)19-9-7-16(12-20(19)29-23)15-4-3-5-17(11-15)25(27)28/h3-12,21,23H,24H2,1-2H3. The molecule has 6 heteroatoms. The zero-order valence-electron chi connectivity index (χ0n) is 16.1. The van der Waals surface area contributed by atoms with E-state index in [1.54, 1.807) is 24.3 Å². The Hall–Kier alpha value is -3.51. The lowest BCUT2D eigenvalue weighted by Gasteiger charge is -2.15. The highest BCUT2D eigenvalue weighted by Gasteiger charge is 2.38. The van der Waals surface area contributed by atoms with Crippen LogP contribution in [0, 0.1) is 24.0 Å². The molecule has 3 aromatic carbocycles. The molecule has 2 N–H and O–H groups in total. The maximum absolute atomic E-state index is 13.1. The van der Waals surface area contributed by atoms with E-state index in [1.165, 1.54) is 12.1 Å². The van der Waals surface area contributed by atoms with Gasteiger partial charge in [0.1, 0.15) is 5.75 Å². The van der Waals surface area contributed by atoms with Crippen LogP contribution in [0.15, 0.2) is 60.7 Å². The Labute approximate surface area is 168 Å². The minimum atomic E-state index is -0.799. The first kappa shape index (κ1) is 18.8. The van der Waals surface area contributed by atoms with Crippen molar-refractivity contribution in [3.05, 3.63) is 93.0 Å². The molecule has 0 saturated heterocycles. The van der Waals surface area contributed by atoms with E-state index in [1.807, 2.05) is 38.1 Å². The van der Waals surface area contributed by atoms with Crippen LogP contribution in [0.3, 0.4) is 0 Å². The Balaban J connectivity index is 1.65. The van der Waals surface area contributed by atoms with Gasteiger partial charge in [0.25, 0.3) is 5.69 Å². The van der Waals surface area contributed by atoms with Crippen LogP contribution < -0.4 is 10.5 Å². The van der Waals surface area contributed by atoms with Crippen molar-refractivity contribution in [1.29, 1.82) is 0 Å². The van der Waals surface area contributed by atoms with Gasteiger partial charge in [0.05, 0.1) is 11.0 Å². The monoisotopic (exact) mass is 388 g/mol. The van der Waals surface area contributed by atoms with Gasteiger partial charge >= 0.3 is 0 Å². The number of benzene rings is 3. The maximum atomic E-state index is 13.1. The third-order valence-electron chi connectivity index (χ3n) is 5.25. The van der Waals surface area contributed by atoms with E-state index in [4.69, 9.17) is 10.5 Å². The molecule has 29 heavy (non-hydrogen) atoms.